The Labute approximate surface area is 172 Å². The SMILES string of the molecule is CCOC(=O)N1CCN(C(=O)CN2CCC[C@@H]2c2cc(OC)ccc2OC)CC1. The highest BCUT2D eigenvalue weighted by molar-refractivity contribution is 5.79. The minimum Gasteiger partial charge on any atom is -0.497 e. The lowest BCUT2D eigenvalue weighted by Crippen LogP contribution is -2.52. The van der Waals surface area contributed by atoms with E-state index in [0.29, 0.717) is 39.3 Å². The molecular formula is C21H31N3O5. The molecule has 1 atom stereocenters. The fraction of sp³-hybridized carbons (Fsp3) is 0.619. The zero-order valence-corrected chi connectivity index (χ0v) is 17.6. The van der Waals surface area contributed by atoms with Crippen molar-refractivity contribution < 1.29 is 23.8 Å². The van der Waals surface area contributed by atoms with Crippen LogP contribution < -0.4 is 9.47 Å². The summed E-state index contributed by atoms with van der Waals surface area (Å²) in [6.45, 7) is 5.50. The first-order valence-corrected chi connectivity index (χ1v) is 10.2. The number of hydrogen-bond donors (Lipinski definition) is 0. The Kier molecular flexibility index (Phi) is 7.19. The van der Waals surface area contributed by atoms with Crippen molar-refractivity contribution in [2.24, 2.45) is 0 Å². The molecule has 0 saturated carbocycles. The third-order valence-electron chi connectivity index (χ3n) is 5.66. The van der Waals surface area contributed by atoms with E-state index < -0.39 is 0 Å². The average molecular weight is 405 g/mol. The first kappa shape index (κ1) is 21.2. The molecule has 2 aliphatic rings. The van der Waals surface area contributed by atoms with Gasteiger partial charge in [0, 0.05) is 37.8 Å². The highest BCUT2D eigenvalue weighted by Gasteiger charge is 2.32. The minimum atomic E-state index is -0.302. The molecular weight excluding hydrogens is 374 g/mol. The number of carbonyl (C=O) groups is 2. The normalized spacial score (nSPS) is 19.9. The van der Waals surface area contributed by atoms with E-state index in [0.717, 1.165) is 36.4 Å². The Balaban J connectivity index is 1.62. The van der Waals surface area contributed by atoms with Crippen LogP contribution in [0, 0.1) is 0 Å². The smallest absolute Gasteiger partial charge is 0.409 e. The largest absolute Gasteiger partial charge is 0.497 e. The van der Waals surface area contributed by atoms with Gasteiger partial charge in [0.1, 0.15) is 11.5 Å². The summed E-state index contributed by atoms with van der Waals surface area (Å²) in [6, 6.07) is 5.94. The topological polar surface area (TPSA) is 71.6 Å². The Morgan fingerprint density at radius 2 is 1.76 bits per heavy atom. The maximum Gasteiger partial charge on any atom is 0.409 e. The van der Waals surface area contributed by atoms with Crippen LogP contribution in [0.5, 0.6) is 11.5 Å². The van der Waals surface area contributed by atoms with Gasteiger partial charge in [0.25, 0.3) is 0 Å². The zero-order chi connectivity index (χ0) is 20.8. The molecule has 29 heavy (non-hydrogen) atoms. The van der Waals surface area contributed by atoms with Crippen molar-refractivity contribution in [3.8, 4) is 11.5 Å². The van der Waals surface area contributed by atoms with E-state index in [1.165, 1.54) is 0 Å². The van der Waals surface area contributed by atoms with Crippen LogP contribution in [0.15, 0.2) is 18.2 Å². The van der Waals surface area contributed by atoms with E-state index in [1.807, 2.05) is 23.1 Å². The fourth-order valence-corrected chi connectivity index (χ4v) is 4.09. The average Bonchev–Trinajstić information content (AvgIpc) is 3.21. The van der Waals surface area contributed by atoms with E-state index in [4.69, 9.17) is 14.2 Å². The molecule has 0 radical (unpaired) electrons. The maximum atomic E-state index is 12.9. The molecule has 8 nitrogen and oxygen atoms in total. The predicted octanol–water partition coefficient (Wildman–Crippen LogP) is 2.14. The van der Waals surface area contributed by atoms with Crippen molar-refractivity contribution in [3.05, 3.63) is 23.8 Å². The van der Waals surface area contributed by atoms with Gasteiger partial charge in [0.2, 0.25) is 5.91 Å². The van der Waals surface area contributed by atoms with Gasteiger partial charge in [-0.3, -0.25) is 9.69 Å². The number of amides is 2. The summed E-state index contributed by atoms with van der Waals surface area (Å²) in [6.07, 6.45) is 1.71. The van der Waals surface area contributed by atoms with Crippen LogP contribution in [0.25, 0.3) is 0 Å². The van der Waals surface area contributed by atoms with Gasteiger partial charge in [-0.25, -0.2) is 4.79 Å². The number of carbonyl (C=O) groups excluding carboxylic acids is 2. The molecule has 8 heteroatoms. The first-order chi connectivity index (χ1) is 14.1. The number of likely N-dealkylation sites (tertiary alicyclic amines) is 1. The number of rotatable bonds is 6. The van der Waals surface area contributed by atoms with Crippen molar-refractivity contribution in [2.75, 3.05) is 60.1 Å². The van der Waals surface area contributed by atoms with Crippen LogP contribution in [0.4, 0.5) is 4.79 Å². The highest BCUT2D eigenvalue weighted by atomic mass is 16.6. The van der Waals surface area contributed by atoms with Gasteiger partial charge >= 0.3 is 6.09 Å². The Morgan fingerprint density at radius 1 is 1.03 bits per heavy atom. The number of hydrogen-bond acceptors (Lipinski definition) is 6. The molecule has 2 fully saturated rings. The minimum absolute atomic E-state index is 0.0993. The van der Waals surface area contributed by atoms with E-state index in [-0.39, 0.29) is 18.0 Å². The number of methoxy groups -OCH3 is 2. The molecule has 2 saturated heterocycles. The van der Waals surface area contributed by atoms with Gasteiger partial charge in [-0.1, -0.05) is 0 Å². The van der Waals surface area contributed by atoms with Gasteiger partial charge in [0.05, 0.1) is 27.4 Å². The molecule has 2 amide bonds. The van der Waals surface area contributed by atoms with Crippen LogP contribution in [-0.2, 0) is 9.53 Å². The molecule has 3 rings (SSSR count). The van der Waals surface area contributed by atoms with Gasteiger partial charge in [-0.15, -0.1) is 0 Å². The Hall–Kier alpha value is -2.48. The second-order valence-corrected chi connectivity index (χ2v) is 7.30. The maximum absolute atomic E-state index is 12.9. The van der Waals surface area contributed by atoms with E-state index in [9.17, 15) is 9.59 Å². The van der Waals surface area contributed by atoms with Crippen LogP contribution >= 0.6 is 0 Å². The van der Waals surface area contributed by atoms with Crippen molar-refractivity contribution in [3.63, 3.8) is 0 Å². The third-order valence-corrected chi connectivity index (χ3v) is 5.66. The molecule has 0 spiro atoms. The van der Waals surface area contributed by atoms with E-state index in [1.54, 1.807) is 26.0 Å². The Bertz CT molecular complexity index is 718. The number of nitrogens with zero attached hydrogens (tertiary/aromatic N) is 3. The Morgan fingerprint density at radius 3 is 2.41 bits per heavy atom. The summed E-state index contributed by atoms with van der Waals surface area (Å²) < 4.78 is 16.0. The second-order valence-electron chi connectivity index (χ2n) is 7.30. The molecule has 2 aliphatic heterocycles. The van der Waals surface area contributed by atoms with Crippen molar-refractivity contribution in [1.82, 2.24) is 14.7 Å². The number of benzene rings is 1. The number of ether oxygens (including phenoxy) is 3. The van der Waals surface area contributed by atoms with Crippen LogP contribution in [0.2, 0.25) is 0 Å². The first-order valence-electron chi connectivity index (χ1n) is 10.2. The molecule has 0 aromatic heterocycles. The summed E-state index contributed by atoms with van der Waals surface area (Å²) in [5.41, 5.74) is 1.06. The van der Waals surface area contributed by atoms with Gasteiger partial charge < -0.3 is 24.0 Å². The van der Waals surface area contributed by atoms with Gasteiger partial charge in [0.15, 0.2) is 0 Å². The fourth-order valence-electron chi connectivity index (χ4n) is 4.09. The van der Waals surface area contributed by atoms with Gasteiger partial charge in [-0.2, -0.15) is 0 Å². The summed E-state index contributed by atoms with van der Waals surface area (Å²) >= 11 is 0. The van der Waals surface area contributed by atoms with Crippen LogP contribution in [0.3, 0.4) is 0 Å². The quantitative estimate of drug-likeness (QED) is 0.722. The lowest BCUT2D eigenvalue weighted by Gasteiger charge is -2.35. The zero-order valence-electron chi connectivity index (χ0n) is 17.6. The van der Waals surface area contributed by atoms with E-state index >= 15 is 0 Å². The molecule has 160 valence electrons. The van der Waals surface area contributed by atoms with Crippen LogP contribution in [0.1, 0.15) is 31.4 Å². The molecule has 1 aromatic carbocycles. The molecule has 0 aliphatic carbocycles. The second kappa shape index (κ2) is 9.82. The lowest BCUT2D eigenvalue weighted by atomic mass is 10.0. The molecule has 2 heterocycles. The predicted molar refractivity (Wildman–Crippen MR) is 108 cm³/mol. The van der Waals surface area contributed by atoms with Crippen molar-refractivity contribution in [2.45, 2.75) is 25.8 Å². The molecule has 1 aromatic rings. The summed E-state index contributed by atoms with van der Waals surface area (Å²) in [7, 11) is 3.32. The van der Waals surface area contributed by atoms with E-state index in [2.05, 4.69) is 4.90 Å². The van der Waals surface area contributed by atoms with Crippen molar-refractivity contribution >= 4 is 12.0 Å². The monoisotopic (exact) mass is 405 g/mol. The van der Waals surface area contributed by atoms with Crippen LogP contribution in [-0.4, -0.2) is 86.8 Å². The molecule has 0 bridgehead atoms. The standard InChI is InChI=1S/C21H31N3O5/c1-4-29-21(26)23-12-10-22(11-13-23)20(25)15-24-9-5-6-18(24)17-14-16(27-2)7-8-19(17)28-3/h7-8,14,18H,4-6,9-13,15H2,1-3H3/t18-/m1/s1. The molecule has 0 N–H and O–H groups in total. The third kappa shape index (κ3) is 4.93. The van der Waals surface area contributed by atoms with Gasteiger partial charge in [-0.05, 0) is 44.5 Å². The molecule has 0 unspecified atom stereocenters. The summed E-state index contributed by atoms with van der Waals surface area (Å²) in [5.74, 6) is 1.70. The number of piperazine rings is 1. The van der Waals surface area contributed by atoms with Crippen molar-refractivity contribution in [1.29, 1.82) is 0 Å². The summed E-state index contributed by atoms with van der Waals surface area (Å²) in [5, 5.41) is 0. The highest BCUT2D eigenvalue weighted by Crippen LogP contribution is 2.38. The lowest BCUT2D eigenvalue weighted by molar-refractivity contribution is -0.134. The summed E-state index contributed by atoms with van der Waals surface area (Å²) in [4.78, 5) is 30.5.